The smallest absolute Gasteiger partial charge is 0.269 e. The van der Waals surface area contributed by atoms with Crippen molar-refractivity contribution in [2.75, 3.05) is 33.5 Å². The lowest BCUT2D eigenvalue weighted by Gasteiger charge is -2.60. The van der Waals surface area contributed by atoms with E-state index in [2.05, 4.69) is 30.9 Å². The van der Waals surface area contributed by atoms with Crippen molar-refractivity contribution in [1.29, 1.82) is 0 Å². The van der Waals surface area contributed by atoms with Crippen molar-refractivity contribution in [1.82, 2.24) is 4.90 Å². The number of carbonyl (C=O) groups is 1. The van der Waals surface area contributed by atoms with Crippen LogP contribution in [0.2, 0.25) is 0 Å². The number of benzene rings is 5. The maximum absolute atomic E-state index is 15.1. The summed E-state index contributed by atoms with van der Waals surface area (Å²) >= 11 is 0. The molecule has 8 rings (SSSR count). The zero-order chi connectivity index (χ0) is 48.3. The fraction of sp³-hybridized carbons (Fsp3) is 0.393. The molecule has 362 valence electrons. The molecule has 1 amide bonds. The lowest BCUT2D eigenvalue weighted by molar-refractivity contribution is -0.384. The van der Waals surface area contributed by atoms with Crippen LogP contribution in [0.4, 0.5) is 5.69 Å². The van der Waals surface area contributed by atoms with Crippen LogP contribution in [0.15, 0.2) is 139 Å². The van der Waals surface area contributed by atoms with Crippen molar-refractivity contribution in [3.05, 3.63) is 160 Å². The first-order valence-corrected chi connectivity index (χ1v) is 24.2. The minimum atomic E-state index is -1.43. The number of methoxy groups -OCH3 is 1. The molecule has 2 aliphatic carbocycles. The molecule has 6 atom stereocenters. The number of hydrogen-bond acceptors (Lipinski definition) is 11. The van der Waals surface area contributed by atoms with Crippen LogP contribution in [0.3, 0.4) is 0 Å². The molecule has 6 unspecified atom stereocenters. The molecule has 13 nitrogen and oxygen atoms in total. The van der Waals surface area contributed by atoms with Crippen LogP contribution < -0.4 is 14.2 Å². The number of oxime groups is 1. The van der Waals surface area contributed by atoms with E-state index < -0.39 is 22.7 Å². The van der Waals surface area contributed by atoms with Crippen molar-refractivity contribution in [3.63, 3.8) is 0 Å². The number of fused-ring (bicyclic) bond motifs is 3. The summed E-state index contributed by atoms with van der Waals surface area (Å²) < 4.78 is 26.8. The minimum absolute atomic E-state index is 0.0161. The number of ether oxygens (including phenoxy) is 4. The van der Waals surface area contributed by atoms with Crippen LogP contribution >= 0.6 is 0 Å². The summed E-state index contributed by atoms with van der Waals surface area (Å²) in [5, 5.41) is 38.6. The fourth-order valence-electron chi connectivity index (χ4n) is 10.7. The normalized spacial score (nSPS) is 21.9. The van der Waals surface area contributed by atoms with Crippen molar-refractivity contribution >= 4 is 28.1 Å². The largest absolute Gasteiger partial charge is 0.497 e. The van der Waals surface area contributed by atoms with Gasteiger partial charge in [-0.1, -0.05) is 79.5 Å². The van der Waals surface area contributed by atoms with Crippen LogP contribution in [-0.2, 0) is 27.4 Å². The Labute approximate surface area is 404 Å². The SMILES string of the molecule is C=CCOC12Oc3ccc(Oc4ccc5ccccc5c4)cc3C3C(CCCCO)C(CCCCO)C=C(C(=NOCc4ccc([N+](=O)[O-])cc4)CC1N(CCC)C(=O)Cc1cccc(OC)c1)C32. The fourth-order valence-corrected chi connectivity index (χ4v) is 10.7. The Balaban J connectivity index is 1.30. The molecule has 0 bridgehead atoms. The van der Waals surface area contributed by atoms with Gasteiger partial charge in [-0.3, -0.25) is 14.9 Å². The third-order valence-electron chi connectivity index (χ3n) is 13.8. The number of nitro groups is 1. The third-order valence-corrected chi connectivity index (χ3v) is 13.8. The molecule has 0 radical (unpaired) electrons. The highest BCUT2D eigenvalue weighted by atomic mass is 16.7. The van der Waals surface area contributed by atoms with E-state index in [0.717, 1.165) is 53.2 Å². The Morgan fingerprint density at radius 3 is 2.39 bits per heavy atom. The molecule has 69 heavy (non-hydrogen) atoms. The van der Waals surface area contributed by atoms with Crippen molar-refractivity contribution in [3.8, 4) is 23.0 Å². The number of hydrogen-bond donors (Lipinski definition) is 2. The molecule has 5 aromatic carbocycles. The quantitative estimate of drug-likeness (QED) is 0.0279. The molecule has 0 saturated heterocycles. The van der Waals surface area contributed by atoms with Gasteiger partial charge in [0.05, 0.1) is 36.7 Å². The van der Waals surface area contributed by atoms with E-state index in [4.69, 9.17) is 28.9 Å². The molecule has 0 spiro atoms. The van der Waals surface area contributed by atoms with Crippen LogP contribution in [0, 0.1) is 27.9 Å². The summed E-state index contributed by atoms with van der Waals surface area (Å²) in [6, 6.07) is 33.2. The number of amides is 1. The van der Waals surface area contributed by atoms with Crippen molar-refractivity contribution in [2.24, 2.45) is 22.9 Å². The van der Waals surface area contributed by atoms with E-state index >= 15 is 4.79 Å². The summed E-state index contributed by atoms with van der Waals surface area (Å²) in [7, 11) is 1.61. The Morgan fingerprint density at radius 1 is 0.899 bits per heavy atom. The van der Waals surface area contributed by atoms with Gasteiger partial charge in [0.15, 0.2) is 0 Å². The number of rotatable bonds is 23. The summed E-state index contributed by atoms with van der Waals surface area (Å²) in [6.45, 7) is 6.85. The molecule has 3 aliphatic rings. The van der Waals surface area contributed by atoms with Gasteiger partial charge in [-0.25, -0.2) is 0 Å². The molecule has 1 aliphatic heterocycles. The Morgan fingerprint density at radius 2 is 1.65 bits per heavy atom. The zero-order valence-corrected chi connectivity index (χ0v) is 39.5. The number of nitrogens with zero attached hydrogens (tertiary/aromatic N) is 3. The summed E-state index contributed by atoms with van der Waals surface area (Å²) in [5.74, 6) is 0.351. The second-order valence-electron chi connectivity index (χ2n) is 18.2. The predicted molar refractivity (Wildman–Crippen MR) is 266 cm³/mol. The van der Waals surface area contributed by atoms with E-state index in [1.807, 2.05) is 78.6 Å². The number of aliphatic hydroxyl groups is 2. The number of non-ortho nitro benzene ring substituents is 1. The molecule has 0 aromatic heterocycles. The maximum atomic E-state index is 15.1. The lowest BCUT2D eigenvalue weighted by atomic mass is 9.55. The molecule has 1 heterocycles. The van der Waals surface area contributed by atoms with Crippen LogP contribution in [0.25, 0.3) is 10.8 Å². The summed E-state index contributed by atoms with van der Waals surface area (Å²) in [4.78, 5) is 34.2. The van der Waals surface area contributed by atoms with E-state index in [0.29, 0.717) is 60.1 Å². The van der Waals surface area contributed by atoms with Gasteiger partial charge in [-0.05, 0) is 126 Å². The van der Waals surface area contributed by atoms with E-state index in [1.165, 1.54) is 12.1 Å². The Bertz CT molecular complexity index is 2650. The van der Waals surface area contributed by atoms with Crippen LogP contribution in [-0.4, -0.2) is 77.0 Å². The lowest BCUT2D eigenvalue weighted by Crippen LogP contribution is -2.70. The highest BCUT2D eigenvalue weighted by Crippen LogP contribution is 2.62. The Hall–Kier alpha value is -6.54. The second-order valence-corrected chi connectivity index (χ2v) is 18.2. The number of allylic oxidation sites excluding steroid dienone is 1. The maximum Gasteiger partial charge on any atom is 0.269 e. The highest BCUT2D eigenvalue weighted by molar-refractivity contribution is 6.03. The molecule has 13 heteroatoms. The van der Waals surface area contributed by atoms with Gasteiger partial charge < -0.3 is 38.9 Å². The van der Waals surface area contributed by atoms with Gasteiger partial charge >= 0.3 is 0 Å². The van der Waals surface area contributed by atoms with Gasteiger partial charge in [-0.15, -0.1) is 6.58 Å². The van der Waals surface area contributed by atoms with Crippen molar-refractivity contribution < 1.29 is 43.7 Å². The molecule has 5 aromatic rings. The monoisotopic (exact) mass is 937 g/mol. The number of aliphatic hydroxyl groups excluding tert-OH is 2. The average molecular weight is 938 g/mol. The number of unbranched alkanes of at least 4 members (excludes halogenated alkanes) is 2. The van der Waals surface area contributed by atoms with E-state index in [-0.39, 0.29) is 68.6 Å². The molecule has 1 fully saturated rings. The van der Waals surface area contributed by atoms with Crippen LogP contribution in [0.5, 0.6) is 23.0 Å². The standard InChI is InChI=1S/C56H63N3O10/c1-4-27-58(53(62)32-39-13-12-17-44(31-39)65-3)52-36-50(57-67-37-38-19-22-43(23-20-38)59(63)64)48-34-42(16-8-10-28-60)47(18-9-11-29-61)54-49-35-46(68-45-24-21-40-14-6-7-15-41(40)33-45)25-26-51(49)69-56(52,55(48)54)66-30-5-2/h5-7,12-15,17,19-26,31,33-35,42,47,52,54-55,60-61H,2,4,8-11,16,18,27-30,32,36-37H2,1,3H3. The number of nitro benzene ring substituents is 1. The first-order valence-electron chi connectivity index (χ1n) is 24.2. The van der Waals surface area contributed by atoms with E-state index in [9.17, 15) is 20.3 Å². The molecule has 1 saturated carbocycles. The van der Waals surface area contributed by atoms with Gasteiger partial charge in [-0.2, -0.15) is 0 Å². The van der Waals surface area contributed by atoms with Gasteiger partial charge in [0.2, 0.25) is 11.7 Å². The molecule has 2 N–H and O–H groups in total. The second kappa shape index (κ2) is 22.7. The van der Waals surface area contributed by atoms with Gasteiger partial charge in [0, 0.05) is 49.8 Å². The first kappa shape index (κ1) is 48.9. The third kappa shape index (κ3) is 10.9. The Kier molecular flexibility index (Phi) is 16.1. The average Bonchev–Trinajstić information content (AvgIpc) is 3.36. The zero-order valence-electron chi connectivity index (χ0n) is 39.5. The topological polar surface area (TPSA) is 162 Å². The predicted octanol–water partition coefficient (Wildman–Crippen LogP) is 10.9. The van der Waals surface area contributed by atoms with Crippen LogP contribution in [0.1, 0.15) is 80.9 Å². The minimum Gasteiger partial charge on any atom is -0.497 e. The first-order chi connectivity index (χ1) is 33.7. The molecular formula is C56H63N3O10. The van der Waals surface area contributed by atoms with E-state index in [1.54, 1.807) is 25.3 Å². The summed E-state index contributed by atoms with van der Waals surface area (Å²) in [6.07, 6.45) is 9.43. The number of carbonyl (C=O) groups excluding carboxylic acids is 1. The van der Waals surface area contributed by atoms with Crippen molar-refractivity contribution in [2.45, 2.75) is 89.1 Å². The highest BCUT2D eigenvalue weighted by Gasteiger charge is 2.65. The molecular weight excluding hydrogens is 875 g/mol. The van der Waals surface area contributed by atoms with Gasteiger partial charge in [0.1, 0.15) is 35.6 Å². The van der Waals surface area contributed by atoms with Gasteiger partial charge in [0.25, 0.3) is 5.69 Å². The summed E-state index contributed by atoms with van der Waals surface area (Å²) in [5.41, 5.74) is 3.99.